The van der Waals surface area contributed by atoms with E-state index in [-0.39, 0.29) is 18.3 Å². The Morgan fingerprint density at radius 2 is 2.00 bits per heavy atom. The van der Waals surface area contributed by atoms with E-state index < -0.39 is 12.8 Å². The van der Waals surface area contributed by atoms with E-state index in [1.807, 2.05) is 0 Å². The van der Waals surface area contributed by atoms with Gasteiger partial charge in [0, 0.05) is 25.2 Å². The smallest absolute Gasteiger partial charge is 0.422 e. The van der Waals surface area contributed by atoms with Crippen LogP contribution in [-0.2, 0) is 11.3 Å². The number of rotatable bonds is 8. The van der Waals surface area contributed by atoms with Gasteiger partial charge in [-0.15, -0.1) is 0 Å². The first kappa shape index (κ1) is 20.3. The Balaban J connectivity index is 1.73. The number of guanidine groups is 1. The van der Waals surface area contributed by atoms with Crippen LogP contribution >= 0.6 is 0 Å². The van der Waals surface area contributed by atoms with Crippen LogP contribution in [0, 0.1) is 0 Å². The molecule has 1 fully saturated rings. The highest BCUT2D eigenvalue weighted by molar-refractivity contribution is 5.77. The van der Waals surface area contributed by atoms with E-state index in [1.54, 1.807) is 18.2 Å². The maximum absolute atomic E-state index is 12.3. The van der Waals surface area contributed by atoms with E-state index in [1.165, 1.54) is 6.07 Å². The summed E-state index contributed by atoms with van der Waals surface area (Å²) in [4.78, 5) is 6.50. The average molecular weight is 374 g/mol. The minimum atomic E-state index is -4.38. The number of halogens is 3. The van der Waals surface area contributed by atoms with Crippen LogP contribution in [0.3, 0.4) is 0 Å². The minimum Gasteiger partial charge on any atom is -0.484 e. The molecule has 1 heterocycles. The molecule has 1 aliphatic rings. The Labute approximate surface area is 151 Å². The zero-order valence-electron chi connectivity index (χ0n) is 14.6. The van der Waals surface area contributed by atoms with Gasteiger partial charge in [-0.05, 0) is 19.0 Å². The zero-order valence-corrected chi connectivity index (χ0v) is 14.6. The fourth-order valence-electron chi connectivity index (χ4n) is 2.50. The molecule has 1 aliphatic heterocycles. The van der Waals surface area contributed by atoms with E-state index in [9.17, 15) is 13.2 Å². The molecule has 3 N–H and O–H groups in total. The van der Waals surface area contributed by atoms with Crippen molar-refractivity contribution >= 4 is 5.96 Å². The summed E-state index contributed by atoms with van der Waals surface area (Å²) in [5.74, 6) is 0.422. The predicted molar refractivity (Wildman–Crippen MR) is 93.2 cm³/mol. The Hall–Kier alpha value is -2.00. The van der Waals surface area contributed by atoms with Crippen molar-refractivity contribution < 1.29 is 22.6 Å². The summed E-state index contributed by atoms with van der Waals surface area (Å²) in [7, 11) is 0. The van der Waals surface area contributed by atoms with Crippen molar-refractivity contribution in [3.63, 3.8) is 0 Å². The van der Waals surface area contributed by atoms with Crippen molar-refractivity contribution in [2.24, 2.45) is 10.7 Å². The second-order valence-electron chi connectivity index (χ2n) is 5.95. The van der Waals surface area contributed by atoms with E-state index in [4.69, 9.17) is 15.2 Å². The van der Waals surface area contributed by atoms with E-state index >= 15 is 0 Å². The lowest BCUT2D eigenvalue weighted by Gasteiger charge is -2.26. The number of nitrogens with zero attached hydrogens (tertiary/aromatic N) is 2. The SMILES string of the molecule is NC(=NCc1ccccc1OCC(F)(F)F)NCCCN1CCOCC1. The summed E-state index contributed by atoms with van der Waals surface area (Å²) in [6.07, 6.45) is -3.46. The molecule has 0 radical (unpaired) electrons. The molecule has 26 heavy (non-hydrogen) atoms. The first-order valence-corrected chi connectivity index (χ1v) is 8.55. The number of ether oxygens (including phenoxy) is 2. The molecule has 0 aromatic heterocycles. The molecule has 9 heteroatoms. The third-order valence-electron chi connectivity index (χ3n) is 3.84. The molecule has 1 saturated heterocycles. The summed E-state index contributed by atoms with van der Waals surface area (Å²) < 4.78 is 47.0. The average Bonchev–Trinajstić information content (AvgIpc) is 2.63. The summed E-state index contributed by atoms with van der Waals surface area (Å²) in [5.41, 5.74) is 6.37. The molecule has 0 bridgehead atoms. The molecule has 0 saturated carbocycles. The monoisotopic (exact) mass is 374 g/mol. The molecule has 0 unspecified atom stereocenters. The van der Waals surface area contributed by atoms with Crippen molar-refractivity contribution in [1.82, 2.24) is 10.2 Å². The summed E-state index contributed by atoms with van der Waals surface area (Å²) >= 11 is 0. The Morgan fingerprint density at radius 1 is 1.27 bits per heavy atom. The van der Waals surface area contributed by atoms with Gasteiger partial charge < -0.3 is 20.5 Å². The highest BCUT2D eigenvalue weighted by Gasteiger charge is 2.28. The zero-order chi connectivity index (χ0) is 18.8. The number of benzene rings is 1. The van der Waals surface area contributed by atoms with Gasteiger partial charge in [0.05, 0.1) is 19.8 Å². The van der Waals surface area contributed by atoms with E-state index in [0.29, 0.717) is 12.1 Å². The van der Waals surface area contributed by atoms with Crippen LogP contribution in [-0.4, -0.2) is 63.0 Å². The van der Waals surface area contributed by atoms with Gasteiger partial charge in [-0.25, -0.2) is 4.99 Å². The fourth-order valence-corrected chi connectivity index (χ4v) is 2.50. The largest absolute Gasteiger partial charge is 0.484 e. The number of nitrogens with one attached hydrogen (secondary N) is 1. The van der Waals surface area contributed by atoms with Crippen molar-refractivity contribution in [2.45, 2.75) is 19.1 Å². The fraction of sp³-hybridized carbons (Fsp3) is 0.588. The van der Waals surface area contributed by atoms with Gasteiger partial charge in [-0.3, -0.25) is 4.90 Å². The highest BCUT2D eigenvalue weighted by Crippen LogP contribution is 2.22. The van der Waals surface area contributed by atoms with E-state index in [2.05, 4.69) is 15.2 Å². The van der Waals surface area contributed by atoms with Gasteiger partial charge in [0.15, 0.2) is 12.6 Å². The first-order valence-electron chi connectivity index (χ1n) is 8.55. The molecule has 6 nitrogen and oxygen atoms in total. The van der Waals surface area contributed by atoms with Crippen molar-refractivity contribution in [2.75, 3.05) is 46.0 Å². The van der Waals surface area contributed by atoms with Crippen LogP contribution in [0.25, 0.3) is 0 Å². The maximum Gasteiger partial charge on any atom is 0.422 e. The summed E-state index contributed by atoms with van der Waals surface area (Å²) in [6.45, 7) is 3.88. The normalized spacial score (nSPS) is 16.5. The minimum absolute atomic E-state index is 0.149. The van der Waals surface area contributed by atoms with E-state index in [0.717, 1.165) is 39.3 Å². The van der Waals surface area contributed by atoms with Crippen LogP contribution in [0.2, 0.25) is 0 Å². The molecular formula is C17H25F3N4O2. The molecule has 0 atom stereocenters. The number of hydrogen-bond acceptors (Lipinski definition) is 4. The first-order chi connectivity index (χ1) is 12.4. The molecule has 146 valence electrons. The Morgan fingerprint density at radius 3 is 2.73 bits per heavy atom. The summed E-state index contributed by atoms with van der Waals surface area (Å²) in [5, 5.41) is 3.02. The topological polar surface area (TPSA) is 72.1 Å². The number of morpholine rings is 1. The van der Waals surface area contributed by atoms with Gasteiger partial charge >= 0.3 is 6.18 Å². The van der Waals surface area contributed by atoms with Crippen LogP contribution < -0.4 is 15.8 Å². The lowest BCUT2D eigenvalue weighted by molar-refractivity contribution is -0.153. The second-order valence-corrected chi connectivity index (χ2v) is 5.95. The van der Waals surface area contributed by atoms with Gasteiger partial charge in [0.2, 0.25) is 0 Å². The Kier molecular flexibility index (Phi) is 7.99. The van der Waals surface area contributed by atoms with Gasteiger partial charge in [-0.2, -0.15) is 13.2 Å². The lowest BCUT2D eigenvalue weighted by atomic mass is 10.2. The molecule has 1 aromatic carbocycles. The Bertz CT molecular complexity index is 575. The summed E-state index contributed by atoms with van der Waals surface area (Å²) in [6, 6.07) is 6.49. The number of hydrogen-bond donors (Lipinski definition) is 2. The highest BCUT2D eigenvalue weighted by atomic mass is 19.4. The van der Waals surface area contributed by atoms with Gasteiger partial charge in [0.1, 0.15) is 5.75 Å². The quantitative estimate of drug-likeness (QED) is 0.412. The van der Waals surface area contributed by atoms with Gasteiger partial charge in [-0.1, -0.05) is 18.2 Å². The third-order valence-corrected chi connectivity index (χ3v) is 3.84. The standard InChI is InChI=1S/C17H25F3N4O2/c18-17(19,20)13-26-15-5-2-1-4-14(15)12-23-16(21)22-6-3-7-24-8-10-25-11-9-24/h1-2,4-5H,3,6-13H2,(H3,21,22,23). The number of aliphatic imine (C=N–C) groups is 1. The molecule has 0 aliphatic carbocycles. The van der Waals surface area contributed by atoms with Crippen molar-refractivity contribution in [3.05, 3.63) is 29.8 Å². The predicted octanol–water partition coefficient (Wildman–Crippen LogP) is 1.75. The molecule has 0 spiro atoms. The van der Waals surface area contributed by atoms with Crippen molar-refractivity contribution in [1.29, 1.82) is 0 Å². The third kappa shape index (κ3) is 7.92. The lowest BCUT2D eigenvalue weighted by Crippen LogP contribution is -2.39. The van der Waals surface area contributed by atoms with Crippen molar-refractivity contribution in [3.8, 4) is 5.75 Å². The number of para-hydroxylation sites is 1. The van der Waals surface area contributed by atoms with Crippen LogP contribution in [0.4, 0.5) is 13.2 Å². The molecule has 2 rings (SSSR count). The molecular weight excluding hydrogens is 349 g/mol. The van der Waals surface area contributed by atoms with Crippen LogP contribution in [0.15, 0.2) is 29.3 Å². The van der Waals surface area contributed by atoms with Crippen LogP contribution in [0.5, 0.6) is 5.75 Å². The number of alkyl halides is 3. The molecule has 0 amide bonds. The van der Waals surface area contributed by atoms with Crippen LogP contribution in [0.1, 0.15) is 12.0 Å². The number of nitrogens with two attached hydrogens (primary N) is 1. The van der Waals surface area contributed by atoms with Gasteiger partial charge in [0.25, 0.3) is 0 Å². The molecule has 1 aromatic rings. The maximum atomic E-state index is 12.3. The second kappa shape index (κ2) is 10.2.